The predicted octanol–water partition coefficient (Wildman–Crippen LogP) is 12.0. The van der Waals surface area contributed by atoms with E-state index in [4.69, 9.17) is 14.4 Å². The maximum Gasteiger partial charge on any atom is 0.161 e. The Hall–Kier alpha value is -6.32. The van der Waals surface area contributed by atoms with Crippen molar-refractivity contribution in [3.05, 3.63) is 158 Å². The molecule has 2 aromatic heterocycles. The van der Waals surface area contributed by atoms with Crippen molar-refractivity contribution in [2.24, 2.45) is 0 Å². The Kier molecular flexibility index (Phi) is 5.57. The van der Waals surface area contributed by atoms with Gasteiger partial charge in [-0.2, -0.15) is 0 Å². The number of para-hydroxylation sites is 2. The van der Waals surface area contributed by atoms with E-state index in [9.17, 15) is 0 Å². The summed E-state index contributed by atoms with van der Waals surface area (Å²) in [6, 6.07) is 55.4. The third-order valence-electron chi connectivity index (χ3n) is 9.45. The van der Waals surface area contributed by atoms with Crippen LogP contribution >= 0.6 is 0 Å². The summed E-state index contributed by atoms with van der Waals surface area (Å²) in [7, 11) is 0. The molecule has 3 heteroatoms. The van der Waals surface area contributed by atoms with Crippen LogP contribution in [0.3, 0.4) is 0 Å². The van der Waals surface area contributed by atoms with Gasteiger partial charge in [0.1, 0.15) is 11.2 Å². The number of nitrogens with zero attached hydrogens (tertiary/aromatic N) is 2. The molecular formula is C44H26N2O. The lowest BCUT2D eigenvalue weighted by Crippen LogP contribution is -1.97. The van der Waals surface area contributed by atoms with Crippen LogP contribution in [0.25, 0.3) is 98.9 Å². The molecule has 218 valence electrons. The summed E-state index contributed by atoms with van der Waals surface area (Å²) < 4.78 is 6.74. The maximum atomic E-state index is 6.74. The molecule has 0 aliphatic rings. The topological polar surface area (TPSA) is 38.9 Å². The molecule has 0 spiro atoms. The monoisotopic (exact) mass is 598 g/mol. The standard InChI is InChI=1S/C44H26N2O/c1-2-13-29(14-3-1)39-32-16-6-7-17-33(32)41(40-35-19-9-11-21-38(35)47-43(39)40)44-45-37-20-10-8-18-34(37)42(46-44)30-25-24-28-23-22-27-12-4-5-15-31(27)36(28)26-30/h1-26H. The van der Waals surface area contributed by atoms with Crippen molar-refractivity contribution in [3.63, 3.8) is 0 Å². The van der Waals surface area contributed by atoms with Gasteiger partial charge in [-0.25, -0.2) is 9.97 Å². The van der Waals surface area contributed by atoms with Gasteiger partial charge in [-0.15, -0.1) is 0 Å². The molecule has 2 heterocycles. The number of hydrogen-bond donors (Lipinski definition) is 0. The zero-order valence-corrected chi connectivity index (χ0v) is 25.3. The molecular weight excluding hydrogens is 572 g/mol. The lowest BCUT2D eigenvalue weighted by atomic mass is 9.90. The number of rotatable bonds is 3. The van der Waals surface area contributed by atoms with E-state index in [-0.39, 0.29) is 0 Å². The quantitative estimate of drug-likeness (QED) is 0.190. The van der Waals surface area contributed by atoms with Gasteiger partial charge in [-0.3, -0.25) is 0 Å². The average Bonchev–Trinajstić information content (AvgIpc) is 3.52. The van der Waals surface area contributed by atoms with Gasteiger partial charge in [0, 0.05) is 32.8 Å². The third kappa shape index (κ3) is 3.93. The first-order valence-corrected chi connectivity index (χ1v) is 15.9. The zero-order valence-electron chi connectivity index (χ0n) is 25.3. The van der Waals surface area contributed by atoms with Crippen molar-refractivity contribution in [1.82, 2.24) is 9.97 Å². The first-order chi connectivity index (χ1) is 23.3. The van der Waals surface area contributed by atoms with Gasteiger partial charge in [0.2, 0.25) is 0 Å². The zero-order chi connectivity index (χ0) is 30.9. The molecule has 0 aliphatic heterocycles. The van der Waals surface area contributed by atoms with Crippen LogP contribution in [0.1, 0.15) is 0 Å². The first kappa shape index (κ1) is 26.0. The molecule has 10 aromatic rings. The Balaban J connectivity index is 1.34. The molecule has 0 unspecified atom stereocenters. The largest absolute Gasteiger partial charge is 0.455 e. The van der Waals surface area contributed by atoms with E-state index < -0.39 is 0 Å². The molecule has 0 radical (unpaired) electrons. The van der Waals surface area contributed by atoms with E-state index >= 15 is 0 Å². The molecule has 0 atom stereocenters. The van der Waals surface area contributed by atoms with Crippen LogP contribution in [-0.2, 0) is 0 Å². The molecule has 8 aromatic carbocycles. The third-order valence-corrected chi connectivity index (χ3v) is 9.45. The van der Waals surface area contributed by atoms with Crippen LogP contribution in [-0.4, -0.2) is 9.97 Å². The maximum absolute atomic E-state index is 6.74. The molecule has 0 amide bonds. The van der Waals surface area contributed by atoms with E-state index in [2.05, 4.69) is 146 Å². The summed E-state index contributed by atoms with van der Waals surface area (Å²) in [4.78, 5) is 10.7. The van der Waals surface area contributed by atoms with Gasteiger partial charge in [-0.05, 0) is 56.1 Å². The van der Waals surface area contributed by atoms with Gasteiger partial charge in [0.15, 0.2) is 5.82 Å². The van der Waals surface area contributed by atoms with Gasteiger partial charge in [-0.1, -0.05) is 140 Å². The number of hydrogen-bond acceptors (Lipinski definition) is 3. The van der Waals surface area contributed by atoms with Gasteiger partial charge in [0.05, 0.1) is 11.2 Å². The highest BCUT2D eigenvalue weighted by molar-refractivity contribution is 6.26. The van der Waals surface area contributed by atoms with Gasteiger partial charge >= 0.3 is 0 Å². The Morgan fingerprint density at radius 3 is 1.85 bits per heavy atom. The minimum atomic E-state index is 0.684. The molecule has 0 bridgehead atoms. The molecule has 0 saturated heterocycles. The van der Waals surface area contributed by atoms with Crippen LogP contribution in [0, 0.1) is 0 Å². The minimum Gasteiger partial charge on any atom is -0.455 e. The van der Waals surface area contributed by atoms with E-state index in [0.29, 0.717) is 5.82 Å². The Labute approximate surface area is 270 Å². The van der Waals surface area contributed by atoms with Crippen LogP contribution in [0.5, 0.6) is 0 Å². The number of furan rings is 1. The first-order valence-electron chi connectivity index (χ1n) is 15.9. The van der Waals surface area contributed by atoms with Gasteiger partial charge in [0.25, 0.3) is 0 Å². The van der Waals surface area contributed by atoms with E-state index in [1.165, 1.54) is 21.5 Å². The fourth-order valence-corrected chi connectivity index (χ4v) is 7.33. The summed E-state index contributed by atoms with van der Waals surface area (Å²) >= 11 is 0. The second kappa shape index (κ2) is 10.1. The highest BCUT2D eigenvalue weighted by atomic mass is 16.3. The number of benzene rings is 8. The number of aromatic nitrogens is 2. The number of fused-ring (bicyclic) bond motifs is 8. The summed E-state index contributed by atoms with van der Waals surface area (Å²) in [5, 5.41) is 10.2. The smallest absolute Gasteiger partial charge is 0.161 e. The SMILES string of the molecule is c1ccc(-c2c3ccccc3c(-c3nc(-c4ccc5ccc6ccccc6c5c4)c4ccccc4n3)c3c2oc2ccccc23)cc1. The van der Waals surface area contributed by atoms with E-state index in [1.807, 2.05) is 12.1 Å². The summed E-state index contributed by atoms with van der Waals surface area (Å²) in [5.74, 6) is 0.684. The summed E-state index contributed by atoms with van der Waals surface area (Å²) in [5.41, 5.74) is 7.76. The Morgan fingerprint density at radius 2 is 1.02 bits per heavy atom. The van der Waals surface area contributed by atoms with Crippen LogP contribution in [0.15, 0.2) is 162 Å². The fraction of sp³-hybridized carbons (Fsp3) is 0. The molecule has 0 fully saturated rings. The second-order valence-electron chi connectivity index (χ2n) is 12.1. The van der Waals surface area contributed by atoms with E-state index in [1.54, 1.807) is 0 Å². The van der Waals surface area contributed by atoms with Crippen LogP contribution < -0.4 is 0 Å². The normalized spacial score (nSPS) is 11.8. The Morgan fingerprint density at radius 1 is 0.404 bits per heavy atom. The highest BCUT2D eigenvalue weighted by Crippen LogP contribution is 2.47. The van der Waals surface area contributed by atoms with Crippen molar-refractivity contribution in [2.45, 2.75) is 0 Å². The predicted molar refractivity (Wildman–Crippen MR) is 196 cm³/mol. The molecule has 47 heavy (non-hydrogen) atoms. The summed E-state index contributed by atoms with van der Waals surface area (Å²) in [6.07, 6.45) is 0. The molecule has 3 nitrogen and oxygen atoms in total. The second-order valence-corrected chi connectivity index (χ2v) is 12.1. The fourth-order valence-electron chi connectivity index (χ4n) is 7.33. The van der Waals surface area contributed by atoms with Crippen molar-refractivity contribution in [2.75, 3.05) is 0 Å². The van der Waals surface area contributed by atoms with Crippen molar-refractivity contribution in [3.8, 4) is 33.8 Å². The molecule has 0 aliphatic carbocycles. The van der Waals surface area contributed by atoms with Crippen molar-refractivity contribution < 1.29 is 4.42 Å². The van der Waals surface area contributed by atoms with E-state index in [0.717, 1.165) is 71.6 Å². The molecule has 0 saturated carbocycles. The van der Waals surface area contributed by atoms with Crippen molar-refractivity contribution >= 4 is 65.2 Å². The van der Waals surface area contributed by atoms with Crippen LogP contribution in [0.2, 0.25) is 0 Å². The molecule has 10 rings (SSSR count). The van der Waals surface area contributed by atoms with Crippen molar-refractivity contribution in [1.29, 1.82) is 0 Å². The van der Waals surface area contributed by atoms with Crippen LogP contribution in [0.4, 0.5) is 0 Å². The van der Waals surface area contributed by atoms with Gasteiger partial charge < -0.3 is 4.42 Å². The minimum absolute atomic E-state index is 0.684. The highest BCUT2D eigenvalue weighted by Gasteiger charge is 2.24. The lowest BCUT2D eigenvalue weighted by molar-refractivity contribution is 0.670. The lowest BCUT2D eigenvalue weighted by Gasteiger charge is -2.15. The Bertz CT molecular complexity index is 2850. The molecule has 0 N–H and O–H groups in total. The summed E-state index contributed by atoms with van der Waals surface area (Å²) in [6.45, 7) is 0. The average molecular weight is 599 g/mol.